The molecule has 2 rings (SSSR count). The van der Waals surface area contributed by atoms with Gasteiger partial charge in [0.25, 0.3) is 0 Å². The summed E-state index contributed by atoms with van der Waals surface area (Å²) in [4.78, 5) is 5.98. The average Bonchev–Trinajstić information content (AvgIpc) is 2.65. The van der Waals surface area contributed by atoms with Crippen molar-refractivity contribution in [3.05, 3.63) is 18.2 Å². The number of methoxy groups -OCH3 is 1. The average molecular weight is 277 g/mol. The van der Waals surface area contributed by atoms with Crippen molar-refractivity contribution in [2.24, 2.45) is 10.4 Å². The van der Waals surface area contributed by atoms with Gasteiger partial charge in [0.05, 0.1) is 12.8 Å². The lowest BCUT2D eigenvalue weighted by atomic mass is 9.83. The monoisotopic (exact) mass is 277 g/mol. The smallest absolute Gasteiger partial charge is 0.120 e. The molecule has 0 aliphatic carbocycles. The number of rotatable bonds is 5. The van der Waals surface area contributed by atoms with Gasteiger partial charge in [-0.1, -0.05) is 26.7 Å². The molecule has 1 aromatic rings. The third-order valence-corrected chi connectivity index (χ3v) is 5.25. The highest BCUT2D eigenvalue weighted by atomic mass is 32.2. The number of benzene rings is 1. The minimum atomic E-state index is 0.257. The molecule has 1 heterocycles. The molecule has 3 heteroatoms. The van der Waals surface area contributed by atoms with E-state index in [0.717, 1.165) is 23.6 Å². The highest BCUT2D eigenvalue weighted by Crippen LogP contribution is 2.42. The maximum Gasteiger partial charge on any atom is 0.120 e. The molecule has 0 saturated heterocycles. The summed E-state index contributed by atoms with van der Waals surface area (Å²) in [7, 11) is 1.71. The predicted molar refractivity (Wildman–Crippen MR) is 84.1 cm³/mol. The zero-order chi connectivity index (χ0) is 13.7. The van der Waals surface area contributed by atoms with Crippen molar-refractivity contribution in [3.8, 4) is 5.75 Å². The molecule has 0 bridgehead atoms. The fourth-order valence-electron chi connectivity index (χ4n) is 2.34. The van der Waals surface area contributed by atoms with Crippen LogP contribution in [0.15, 0.2) is 28.1 Å². The first-order valence-corrected chi connectivity index (χ1v) is 8.07. The van der Waals surface area contributed by atoms with Crippen LogP contribution in [0.4, 0.5) is 5.69 Å². The molecule has 1 unspecified atom stereocenters. The number of hydrogen-bond donors (Lipinski definition) is 0. The van der Waals surface area contributed by atoms with Crippen molar-refractivity contribution in [1.82, 2.24) is 0 Å². The first kappa shape index (κ1) is 14.4. The Balaban J connectivity index is 2.22. The second-order valence-corrected chi connectivity index (χ2v) is 6.22. The van der Waals surface area contributed by atoms with Crippen molar-refractivity contribution >= 4 is 23.7 Å². The fraction of sp³-hybridized carbons (Fsp3) is 0.562. The molecule has 0 radical (unpaired) electrons. The maximum absolute atomic E-state index is 5.30. The maximum atomic E-state index is 5.30. The number of fused-ring (bicyclic) bond motifs is 1. The first-order chi connectivity index (χ1) is 9.23. The quantitative estimate of drug-likeness (QED) is 0.747. The third-order valence-electron chi connectivity index (χ3n) is 3.89. The first-order valence-electron chi connectivity index (χ1n) is 7.09. The van der Waals surface area contributed by atoms with E-state index in [0.29, 0.717) is 0 Å². The van der Waals surface area contributed by atoms with Gasteiger partial charge in [-0.2, -0.15) is 0 Å². The second kappa shape index (κ2) is 6.47. The van der Waals surface area contributed by atoms with Crippen LogP contribution in [0, 0.1) is 5.41 Å². The Kier molecular flexibility index (Phi) is 4.92. The van der Waals surface area contributed by atoms with E-state index in [1.54, 1.807) is 7.11 Å². The summed E-state index contributed by atoms with van der Waals surface area (Å²) in [5.74, 6) is 2.03. The molecule has 0 amide bonds. The summed E-state index contributed by atoms with van der Waals surface area (Å²) in [6.07, 6.45) is 7.13. The molecular weight excluding hydrogens is 254 g/mol. The van der Waals surface area contributed by atoms with Crippen LogP contribution in [0.3, 0.4) is 0 Å². The lowest BCUT2D eigenvalue weighted by Crippen LogP contribution is -2.24. The standard InChI is InChI=1S/C16H23NOS/c1-4-6-9-16(5-2)11-17-14-8-7-13(18-3)10-15(14)19-12-16/h7-8,10-11H,4-6,9,12H2,1-3H3. The Hall–Kier alpha value is -0.960. The van der Waals surface area contributed by atoms with Crippen LogP contribution < -0.4 is 4.74 Å². The Bertz CT molecular complexity index is 458. The lowest BCUT2D eigenvalue weighted by molar-refractivity contribution is 0.413. The van der Waals surface area contributed by atoms with Gasteiger partial charge in [-0.25, -0.2) is 0 Å². The zero-order valence-electron chi connectivity index (χ0n) is 12.1. The van der Waals surface area contributed by atoms with E-state index in [2.05, 4.69) is 32.2 Å². The fourth-order valence-corrected chi connectivity index (χ4v) is 3.68. The van der Waals surface area contributed by atoms with Crippen molar-refractivity contribution in [1.29, 1.82) is 0 Å². The highest BCUT2D eigenvalue weighted by Gasteiger charge is 2.28. The van der Waals surface area contributed by atoms with Gasteiger partial charge >= 0.3 is 0 Å². The van der Waals surface area contributed by atoms with E-state index < -0.39 is 0 Å². The minimum absolute atomic E-state index is 0.257. The van der Waals surface area contributed by atoms with Crippen molar-refractivity contribution in [2.75, 3.05) is 12.9 Å². The van der Waals surface area contributed by atoms with Crippen LogP contribution in [0.2, 0.25) is 0 Å². The molecule has 0 fully saturated rings. The number of ether oxygens (including phenoxy) is 1. The van der Waals surface area contributed by atoms with Gasteiger partial charge in [0, 0.05) is 22.3 Å². The highest BCUT2D eigenvalue weighted by molar-refractivity contribution is 7.99. The summed E-state index contributed by atoms with van der Waals surface area (Å²) in [6, 6.07) is 6.15. The van der Waals surface area contributed by atoms with Gasteiger partial charge in [-0.3, -0.25) is 4.99 Å². The molecule has 1 aromatic carbocycles. The van der Waals surface area contributed by atoms with Crippen molar-refractivity contribution < 1.29 is 4.74 Å². The van der Waals surface area contributed by atoms with E-state index in [-0.39, 0.29) is 5.41 Å². The van der Waals surface area contributed by atoms with Crippen LogP contribution in [0.25, 0.3) is 0 Å². The Morgan fingerprint density at radius 2 is 2.21 bits per heavy atom. The van der Waals surface area contributed by atoms with Gasteiger partial charge in [0.15, 0.2) is 0 Å². The van der Waals surface area contributed by atoms with Crippen molar-refractivity contribution in [2.45, 2.75) is 44.4 Å². The zero-order valence-corrected chi connectivity index (χ0v) is 12.9. The Labute approximate surface area is 120 Å². The molecule has 1 aliphatic rings. The van der Waals surface area contributed by atoms with Gasteiger partial charge in [-0.15, -0.1) is 11.8 Å². The van der Waals surface area contributed by atoms with E-state index >= 15 is 0 Å². The van der Waals surface area contributed by atoms with Crippen LogP contribution in [-0.2, 0) is 0 Å². The summed E-state index contributed by atoms with van der Waals surface area (Å²) in [5, 5.41) is 0. The lowest BCUT2D eigenvalue weighted by Gasteiger charge is -2.26. The number of thioether (sulfide) groups is 1. The Morgan fingerprint density at radius 1 is 1.37 bits per heavy atom. The molecular formula is C16H23NOS. The number of unbranched alkanes of at least 4 members (excludes halogenated alkanes) is 1. The Morgan fingerprint density at radius 3 is 2.89 bits per heavy atom. The van der Waals surface area contributed by atoms with Gasteiger partial charge < -0.3 is 4.74 Å². The SMILES string of the molecule is CCCCC1(CC)C=Nc2ccc(OC)cc2SC1. The second-order valence-electron chi connectivity index (χ2n) is 5.20. The van der Waals surface area contributed by atoms with Crippen LogP contribution >= 0.6 is 11.8 Å². The van der Waals surface area contributed by atoms with Crippen LogP contribution in [-0.4, -0.2) is 19.1 Å². The van der Waals surface area contributed by atoms with E-state index in [1.807, 2.05) is 17.8 Å². The molecule has 104 valence electrons. The normalized spacial score (nSPS) is 21.8. The summed E-state index contributed by atoms with van der Waals surface area (Å²) >= 11 is 1.92. The number of hydrogen-bond acceptors (Lipinski definition) is 3. The van der Waals surface area contributed by atoms with Crippen LogP contribution in [0.1, 0.15) is 39.5 Å². The molecule has 0 aromatic heterocycles. The number of nitrogens with zero attached hydrogens (tertiary/aromatic N) is 1. The molecule has 0 spiro atoms. The summed E-state index contributed by atoms with van der Waals surface area (Å²) in [6.45, 7) is 4.53. The summed E-state index contributed by atoms with van der Waals surface area (Å²) in [5.41, 5.74) is 1.34. The molecule has 2 nitrogen and oxygen atoms in total. The van der Waals surface area contributed by atoms with Gasteiger partial charge in [0.2, 0.25) is 0 Å². The molecule has 1 aliphatic heterocycles. The predicted octanol–water partition coefficient (Wildman–Crippen LogP) is 5.09. The molecule has 1 atom stereocenters. The van der Waals surface area contributed by atoms with E-state index in [9.17, 15) is 0 Å². The minimum Gasteiger partial charge on any atom is -0.497 e. The number of aliphatic imine (C=N–C) groups is 1. The topological polar surface area (TPSA) is 21.6 Å². The molecule has 0 saturated carbocycles. The van der Waals surface area contributed by atoms with Crippen molar-refractivity contribution in [3.63, 3.8) is 0 Å². The molecule has 19 heavy (non-hydrogen) atoms. The van der Waals surface area contributed by atoms with Gasteiger partial charge in [0.1, 0.15) is 5.75 Å². The summed E-state index contributed by atoms with van der Waals surface area (Å²) < 4.78 is 5.30. The van der Waals surface area contributed by atoms with Crippen LogP contribution in [0.5, 0.6) is 5.75 Å². The van der Waals surface area contributed by atoms with E-state index in [4.69, 9.17) is 9.73 Å². The van der Waals surface area contributed by atoms with E-state index in [1.165, 1.54) is 24.2 Å². The molecule has 0 N–H and O–H groups in total. The third kappa shape index (κ3) is 3.33. The van der Waals surface area contributed by atoms with Gasteiger partial charge in [-0.05, 0) is 31.0 Å². The largest absolute Gasteiger partial charge is 0.497 e.